The van der Waals surface area contributed by atoms with Gasteiger partial charge in [0.2, 0.25) is 0 Å². The number of nitrogens with zero attached hydrogens (tertiary/aromatic N) is 1. The number of benzene rings is 2. The molecule has 0 aliphatic heterocycles. The molecule has 0 spiro atoms. The first-order valence-corrected chi connectivity index (χ1v) is 9.90. The van der Waals surface area contributed by atoms with Crippen LogP contribution in [0.5, 0.6) is 17.2 Å². The summed E-state index contributed by atoms with van der Waals surface area (Å²) in [5, 5.41) is 23.8. The quantitative estimate of drug-likeness (QED) is 0.514. The number of ether oxygens (including phenoxy) is 1. The van der Waals surface area contributed by atoms with Crippen molar-refractivity contribution in [3.63, 3.8) is 0 Å². The van der Waals surface area contributed by atoms with E-state index in [1.165, 1.54) is 0 Å². The van der Waals surface area contributed by atoms with Gasteiger partial charge in [-0.15, -0.1) is 0 Å². The van der Waals surface area contributed by atoms with E-state index in [0.717, 1.165) is 23.9 Å². The van der Waals surface area contributed by atoms with Gasteiger partial charge < -0.3 is 20.3 Å². The van der Waals surface area contributed by atoms with E-state index in [0.29, 0.717) is 21.9 Å². The smallest absolute Gasteiger partial charge is 0.305 e. The SMILES string of the molecule is O=C(O)CCNC(=O)c1nc(C2CC2)c2ccc(Oc3cccc(Cl)c3)cc2c1O. The number of pyridine rings is 1. The molecule has 1 heterocycles. The number of hydrogen-bond acceptors (Lipinski definition) is 5. The van der Waals surface area contributed by atoms with Crippen molar-refractivity contribution in [2.45, 2.75) is 25.2 Å². The maximum atomic E-state index is 12.5. The fourth-order valence-electron chi connectivity index (χ4n) is 3.23. The molecule has 7 nitrogen and oxygen atoms in total. The molecule has 30 heavy (non-hydrogen) atoms. The molecule has 1 aromatic heterocycles. The van der Waals surface area contributed by atoms with Crippen molar-refractivity contribution < 1.29 is 24.5 Å². The standard InChI is InChI=1S/C22H19ClN2O5/c23-13-2-1-3-14(10-13)30-15-6-7-16-17(11-15)21(28)20(25-19(16)12-4-5-12)22(29)24-9-8-18(26)27/h1-3,6-7,10-12,28H,4-5,8-9H2,(H,24,29)(H,26,27). The molecule has 3 N–H and O–H groups in total. The van der Waals surface area contributed by atoms with Crippen molar-refractivity contribution in [3.05, 3.63) is 58.9 Å². The van der Waals surface area contributed by atoms with Gasteiger partial charge in [-0.25, -0.2) is 4.98 Å². The number of nitrogens with one attached hydrogen (secondary N) is 1. The lowest BCUT2D eigenvalue weighted by Crippen LogP contribution is -2.27. The Labute approximate surface area is 177 Å². The molecule has 154 valence electrons. The van der Waals surface area contributed by atoms with Crippen LogP contribution in [0.2, 0.25) is 5.02 Å². The highest BCUT2D eigenvalue weighted by molar-refractivity contribution is 6.30. The molecule has 3 aromatic rings. The Kier molecular flexibility index (Phi) is 5.46. The van der Waals surface area contributed by atoms with Crippen molar-refractivity contribution in [3.8, 4) is 17.2 Å². The van der Waals surface area contributed by atoms with Crippen LogP contribution in [0.25, 0.3) is 10.8 Å². The summed E-state index contributed by atoms with van der Waals surface area (Å²) in [6.07, 6.45) is 1.72. The fraction of sp³-hybridized carbons (Fsp3) is 0.227. The van der Waals surface area contributed by atoms with Gasteiger partial charge in [0.05, 0.1) is 12.1 Å². The van der Waals surface area contributed by atoms with E-state index in [2.05, 4.69) is 10.3 Å². The molecule has 1 amide bonds. The number of carbonyl (C=O) groups excluding carboxylic acids is 1. The molecule has 1 aliphatic rings. The second-order valence-electron chi connectivity index (χ2n) is 7.13. The second kappa shape index (κ2) is 8.20. The molecule has 1 aliphatic carbocycles. The van der Waals surface area contributed by atoms with Crippen molar-refractivity contribution in [1.82, 2.24) is 10.3 Å². The van der Waals surface area contributed by atoms with Crippen LogP contribution in [-0.2, 0) is 4.79 Å². The molecule has 0 unspecified atom stereocenters. The first-order chi connectivity index (χ1) is 14.4. The number of carbonyl (C=O) groups is 2. The van der Waals surface area contributed by atoms with Crippen LogP contribution in [-0.4, -0.2) is 33.6 Å². The molecule has 1 saturated carbocycles. The average Bonchev–Trinajstić information content (AvgIpc) is 3.53. The van der Waals surface area contributed by atoms with Gasteiger partial charge in [0.15, 0.2) is 11.4 Å². The average molecular weight is 427 g/mol. The van der Waals surface area contributed by atoms with Crippen LogP contribution < -0.4 is 10.1 Å². The monoisotopic (exact) mass is 426 g/mol. The molecule has 2 aromatic carbocycles. The van der Waals surface area contributed by atoms with Crippen LogP contribution in [0.1, 0.15) is 41.4 Å². The maximum absolute atomic E-state index is 12.5. The minimum Gasteiger partial charge on any atom is -0.505 e. The third-order valence-corrected chi connectivity index (χ3v) is 5.05. The lowest BCUT2D eigenvalue weighted by Gasteiger charge is -2.13. The maximum Gasteiger partial charge on any atom is 0.305 e. The number of aliphatic carboxylic acids is 1. The van der Waals surface area contributed by atoms with Gasteiger partial charge in [0.25, 0.3) is 5.91 Å². The molecule has 1 fully saturated rings. The van der Waals surface area contributed by atoms with Gasteiger partial charge >= 0.3 is 5.97 Å². The number of fused-ring (bicyclic) bond motifs is 1. The molecular weight excluding hydrogens is 408 g/mol. The van der Waals surface area contributed by atoms with E-state index in [4.69, 9.17) is 21.4 Å². The molecule has 0 saturated heterocycles. The minimum absolute atomic E-state index is 0.0516. The molecule has 4 rings (SSSR count). The van der Waals surface area contributed by atoms with Crippen molar-refractivity contribution in [2.24, 2.45) is 0 Å². The van der Waals surface area contributed by atoms with Gasteiger partial charge in [0.1, 0.15) is 11.5 Å². The number of hydrogen-bond donors (Lipinski definition) is 3. The van der Waals surface area contributed by atoms with Crippen LogP contribution in [0.3, 0.4) is 0 Å². The highest BCUT2D eigenvalue weighted by Crippen LogP contribution is 2.45. The zero-order valence-electron chi connectivity index (χ0n) is 15.9. The normalized spacial score (nSPS) is 13.2. The summed E-state index contributed by atoms with van der Waals surface area (Å²) in [5.74, 6) is -0.641. The Morgan fingerprint density at radius 3 is 2.60 bits per heavy atom. The minimum atomic E-state index is -1.02. The summed E-state index contributed by atoms with van der Waals surface area (Å²) in [4.78, 5) is 27.6. The number of aromatic nitrogens is 1. The highest BCUT2D eigenvalue weighted by Gasteiger charge is 2.30. The predicted octanol–water partition coefficient (Wildman–Crippen LogP) is 4.47. The third-order valence-electron chi connectivity index (χ3n) is 4.81. The fourth-order valence-corrected chi connectivity index (χ4v) is 3.41. The van der Waals surface area contributed by atoms with Crippen molar-refractivity contribution >= 4 is 34.2 Å². The van der Waals surface area contributed by atoms with E-state index in [-0.39, 0.29) is 30.3 Å². The zero-order valence-corrected chi connectivity index (χ0v) is 16.6. The Morgan fingerprint density at radius 1 is 1.13 bits per heavy atom. The lowest BCUT2D eigenvalue weighted by molar-refractivity contribution is -0.136. The van der Waals surface area contributed by atoms with E-state index in [1.54, 1.807) is 36.4 Å². The Balaban J connectivity index is 1.71. The van der Waals surface area contributed by atoms with Crippen LogP contribution >= 0.6 is 11.6 Å². The summed E-state index contributed by atoms with van der Waals surface area (Å²) < 4.78 is 5.85. The van der Waals surface area contributed by atoms with E-state index >= 15 is 0 Å². The third kappa shape index (κ3) is 4.31. The van der Waals surface area contributed by atoms with Crippen LogP contribution in [0.4, 0.5) is 0 Å². The number of rotatable bonds is 7. The Bertz CT molecular complexity index is 1140. The summed E-state index contributed by atoms with van der Waals surface area (Å²) in [7, 11) is 0. The second-order valence-corrected chi connectivity index (χ2v) is 7.57. The largest absolute Gasteiger partial charge is 0.505 e. The molecule has 8 heteroatoms. The molecule has 0 bridgehead atoms. The summed E-state index contributed by atoms with van der Waals surface area (Å²) >= 11 is 6.00. The topological polar surface area (TPSA) is 109 Å². The highest BCUT2D eigenvalue weighted by atomic mass is 35.5. The van der Waals surface area contributed by atoms with Gasteiger partial charge in [-0.3, -0.25) is 9.59 Å². The van der Waals surface area contributed by atoms with E-state index in [9.17, 15) is 14.7 Å². The van der Waals surface area contributed by atoms with Crippen LogP contribution in [0, 0.1) is 0 Å². The number of amides is 1. The number of halogens is 1. The van der Waals surface area contributed by atoms with Gasteiger partial charge in [-0.2, -0.15) is 0 Å². The zero-order chi connectivity index (χ0) is 21.3. The molecule has 0 atom stereocenters. The van der Waals surface area contributed by atoms with Gasteiger partial charge in [0, 0.05) is 28.3 Å². The summed E-state index contributed by atoms with van der Waals surface area (Å²) in [6.45, 7) is -0.0516. The van der Waals surface area contributed by atoms with Crippen molar-refractivity contribution in [2.75, 3.05) is 6.54 Å². The number of aromatic hydroxyl groups is 1. The first kappa shape index (κ1) is 20.0. The van der Waals surface area contributed by atoms with Gasteiger partial charge in [-0.05, 0) is 49.2 Å². The first-order valence-electron chi connectivity index (χ1n) is 9.52. The summed E-state index contributed by atoms with van der Waals surface area (Å²) in [5.41, 5.74) is 0.634. The van der Waals surface area contributed by atoms with E-state index in [1.807, 2.05) is 6.07 Å². The van der Waals surface area contributed by atoms with Crippen molar-refractivity contribution in [1.29, 1.82) is 0 Å². The number of carboxylic acids is 1. The Hall–Kier alpha value is -3.32. The molecule has 0 radical (unpaired) electrons. The number of carboxylic acid groups (broad SMARTS) is 1. The predicted molar refractivity (Wildman–Crippen MR) is 111 cm³/mol. The Morgan fingerprint density at radius 2 is 1.90 bits per heavy atom. The van der Waals surface area contributed by atoms with Gasteiger partial charge in [-0.1, -0.05) is 17.7 Å². The summed E-state index contributed by atoms with van der Waals surface area (Å²) in [6, 6.07) is 12.2. The van der Waals surface area contributed by atoms with Crippen LogP contribution in [0.15, 0.2) is 42.5 Å². The van der Waals surface area contributed by atoms with E-state index < -0.39 is 11.9 Å². The molecular formula is C22H19ClN2O5. The lowest BCUT2D eigenvalue weighted by atomic mass is 10.0.